The molecule has 1 heterocycles. The summed E-state index contributed by atoms with van der Waals surface area (Å²) in [6.07, 6.45) is 0.289. The molecule has 0 N–H and O–H groups in total. The van der Waals surface area contributed by atoms with E-state index in [0.29, 0.717) is 6.42 Å². The fourth-order valence-electron chi connectivity index (χ4n) is 2.88. The zero-order chi connectivity index (χ0) is 16.2. The van der Waals surface area contributed by atoms with Crippen molar-refractivity contribution in [3.63, 3.8) is 0 Å². The number of carbonyl (C=O) groups is 2. The van der Waals surface area contributed by atoms with E-state index in [0.717, 1.165) is 16.7 Å². The van der Waals surface area contributed by atoms with Crippen molar-refractivity contribution >= 4 is 12.0 Å². The summed E-state index contributed by atoms with van der Waals surface area (Å²) in [5.74, 6) is -0.209. The van der Waals surface area contributed by atoms with Gasteiger partial charge in [-0.2, -0.15) is 0 Å². The van der Waals surface area contributed by atoms with Crippen LogP contribution in [-0.4, -0.2) is 29.5 Å². The van der Waals surface area contributed by atoms with Crippen LogP contribution in [0.3, 0.4) is 0 Å². The van der Waals surface area contributed by atoms with Crippen molar-refractivity contribution in [3.8, 4) is 0 Å². The van der Waals surface area contributed by atoms with Gasteiger partial charge in [-0.1, -0.05) is 60.2 Å². The number of ether oxygens (including phenoxy) is 1. The van der Waals surface area contributed by atoms with E-state index in [4.69, 9.17) is 4.74 Å². The first-order valence-electron chi connectivity index (χ1n) is 7.72. The molecular weight excluding hydrogens is 290 g/mol. The Balaban J connectivity index is 1.73. The molecule has 0 aromatic heterocycles. The molecule has 4 heteroatoms. The van der Waals surface area contributed by atoms with Gasteiger partial charge in [-0.05, 0) is 24.5 Å². The Bertz CT molecular complexity index is 712. The molecule has 4 nitrogen and oxygen atoms in total. The highest BCUT2D eigenvalue weighted by Crippen LogP contribution is 2.19. The number of rotatable bonds is 4. The van der Waals surface area contributed by atoms with Crippen LogP contribution in [0.2, 0.25) is 0 Å². The van der Waals surface area contributed by atoms with Crippen LogP contribution < -0.4 is 0 Å². The normalized spacial score (nSPS) is 17.2. The Morgan fingerprint density at radius 3 is 2.61 bits per heavy atom. The molecule has 2 aromatic carbocycles. The SMILES string of the molecule is Cc1cccc(CC(=O)N2C(=O)OCC2Cc2ccccc2)c1. The van der Waals surface area contributed by atoms with Gasteiger partial charge in [0.05, 0.1) is 12.5 Å². The molecule has 0 bridgehead atoms. The van der Waals surface area contributed by atoms with Gasteiger partial charge in [-0.25, -0.2) is 9.69 Å². The van der Waals surface area contributed by atoms with Gasteiger partial charge < -0.3 is 4.74 Å². The number of amides is 2. The minimum Gasteiger partial charge on any atom is -0.447 e. The number of carbonyl (C=O) groups excluding carboxylic acids is 2. The van der Waals surface area contributed by atoms with Gasteiger partial charge in [0.2, 0.25) is 5.91 Å². The fourth-order valence-corrected chi connectivity index (χ4v) is 2.88. The van der Waals surface area contributed by atoms with Crippen molar-refractivity contribution < 1.29 is 14.3 Å². The van der Waals surface area contributed by atoms with E-state index in [2.05, 4.69) is 0 Å². The monoisotopic (exact) mass is 309 g/mol. The Morgan fingerprint density at radius 2 is 1.87 bits per heavy atom. The lowest BCUT2D eigenvalue weighted by molar-refractivity contribution is -0.128. The lowest BCUT2D eigenvalue weighted by Crippen LogP contribution is -2.41. The van der Waals surface area contributed by atoms with Gasteiger partial charge in [0, 0.05) is 0 Å². The molecule has 1 aliphatic heterocycles. The van der Waals surface area contributed by atoms with Crippen molar-refractivity contribution in [1.82, 2.24) is 4.90 Å². The smallest absolute Gasteiger partial charge is 0.416 e. The number of hydrogen-bond acceptors (Lipinski definition) is 3. The van der Waals surface area contributed by atoms with Gasteiger partial charge in [0.15, 0.2) is 0 Å². The first kappa shape index (κ1) is 15.3. The van der Waals surface area contributed by atoms with Crippen LogP contribution in [0, 0.1) is 6.92 Å². The largest absolute Gasteiger partial charge is 0.447 e. The van der Waals surface area contributed by atoms with Crippen LogP contribution in [0.15, 0.2) is 54.6 Å². The maximum Gasteiger partial charge on any atom is 0.416 e. The summed E-state index contributed by atoms with van der Waals surface area (Å²) in [5.41, 5.74) is 3.09. The molecule has 0 saturated carbocycles. The van der Waals surface area contributed by atoms with Gasteiger partial charge in [0.1, 0.15) is 6.61 Å². The minimum atomic E-state index is -0.538. The van der Waals surface area contributed by atoms with Crippen LogP contribution in [0.4, 0.5) is 4.79 Å². The molecule has 2 amide bonds. The van der Waals surface area contributed by atoms with Crippen molar-refractivity contribution in [3.05, 3.63) is 71.3 Å². The van der Waals surface area contributed by atoms with E-state index in [1.165, 1.54) is 4.90 Å². The van der Waals surface area contributed by atoms with Crippen molar-refractivity contribution in [2.75, 3.05) is 6.61 Å². The van der Waals surface area contributed by atoms with Crippen LogP contribution in [0.1, 0.15) is 16.7 Å². The number of nitrogens with zero attached hydrogens (tertiary/aromatic N) is 1. The van der Waals surface area contributed by atoms with Crippen LogP contribution in [0.5, 0.6) is 0 Å². The van der Waals surface area contributed by atoms with Crippen molar-refractivity contribution in [1.29, 1.82) is 0 Å². The Labute approximate surface area is 135 Å². The third-order valence-electron chi connectivity index (χ3n) is 3.98. The highest BCUT2D eigenvalue weighted by atomic mass is 16.6. The maximum atomic E-state index is 12.6. The lowest BCUT2D eigenvalue weighted by Gasteiger charge is -2.19. The Hall–Kier alpha value is -2.62. The molecule has 3 rings (SSSR count). The number of imide groups is 1. The van der Waals surface area contributed by atoms with E-state index in [9.17, 15) is 9.59 Å². The Kier molecular flexibility index (Phi) is 4.42. The van der Waals surface area contributed by atoms with Crippen molar-refractivity contribution in [2.45, 2.75) is 25.8 Å². The van der Waals surface area contributed by atoms with Gasteiger partial charge in [0.25, 0.3) is 0 Å². The first-order chi connectivity index (χ1) is 11.1. The van der Waals surface area contributed by atoms with Gasteiger partial charge in [-0.15, -0.1) is 0 Å². The zero-order valence-corrected chi connectivity index (χ0v) is 13.1. The lowest BCUT2D eigenvalue weighted by atomic mass is 10.0. The predicted octanol–water partition coefficient (Wildman–Crippen LogP) is 3.13. The average Bonchev–Trinajstić information content (AvgIpc) is 2.89. The minimum absolute atomic E-state index is 0.209. The summed E-state index contributed by atoms with van der Waals surface area (Å²) >= 11 is 0. The molecule has 0 radical (unpaired) electrons. The summed E-state index contributed by atoms with van der Waals surface area (Å²) in [7, 11) is 0. The fraction of sp³-hybridized carbons (Fsp3) is 0.263. The van der Waals surface area contributed by atoms with Crippen LogP contribution in [-0.2, 0) is 22.4 Å². The average molecular weight is 309 g/mol. The summed E-state index contributed by atoms with van der Waals surface area (Å²) in [5, 5.41) is 0. The molecule has 1 fully saturated rings. The summed E-state index contributed by atoms with van der Waals surface area (Å²) < 4.78 is 5.10. The predicted molar refractivity (Wildman–Crippen MR) is 87.0 cm³/mol. The molecular formula is C19H19NO3. The highest BCUT2D eigenvalue weighted by Gasteiger charge is 2.37. The molecule has 1 aliphatic rings. The number of hydrogen-bond donors (Lipinski definition) is 0. The number of cyclic esters (lactones) is 1. The molecule has 2 aromatic rings. The van der Waals surface area contributed by atoms with Gasteiger partial charge in [-0.3, -0.25) is 4.79 Å². The maximum absolute atomic E-state index is 12.6. The van der Waals surface area contributed by atoms with E-state index >= 15 is 0 Å². The van der Waals surface area contributed by atoms with E-state index in [-0.39, 0.29) is 25.0 Å². The Morgan fingerprint density at radius 1 is 1.13 bits per heavy atom. The second-order valence-corrected chi connectivity index (χ2v) is 5.85. The zero-order valence-electron chi connectivity index (χ0n) is 13.1. The highest BCUT2D eigenvalue weighted by molar-refractivity contribution is 5.94. The summed E-state index contributed by atoms with van der Waals surface area (Å²) in [6, 6.07) is 17.4. The molecule has 118 valence electrons. The molecule has 1 atom stereocenters. The quantitative estimate of drug-likeness (QED) is 0.871. The van der Waals surface area contributed by atoms with Crippen molar-refractivity contribution in [2.24, 2.45) is 0 Å². The molecule has 1 saturated heterocycles. The van der Waals surface area contributed by atoms with Crippen LogP contribution in [0.25, 0.3) is 0 Å². The molecule has 0 aliphatic carbocycles. The standard InChI is InChI=1S/C19H19NO3/c1-14-6-5-9-16(10-14)12-18(21)20-17(13-23-19(20)22)11-15-7-3-2-4-8-15/h2-10,17H,11-13H2,1H3. The van der Waals surface area contributed by atoms with E-state index in [1.54, 1.807) is 0 Å². The van der Waals surface area contributed by atoms with Crippen LogP contribution >= 0.6 is 0 Å². The summed E-state index contributed by atoms with van der Waals surface area (Å²) in [6.45, 7) is 2.24. The summed E-state index contributed by atoms with van der Waals surface area (Å²) in [4.78, 5) is 25.8. The third kappa shape index (κ3) is 3.59. The number of aryl methyl sites for hydroxylation is 1. The van der Waals surface area contributed by atoms with Gasteiger partial charge >= 0.3 is 6.09 Å². The first-order valence-corrected chi connectivity index (χ1v) is 7.72. The number of benzene rings is 2. The third-order valence-corrected chi connectivity index (χ3v) is 3.98. The topological polar surface area (TPSA) is 46.6 Å². The van der Waals surface area contributed by atoms with E-state index in [1.807, 2.05) is 61.5 Å². The second-order valence-electron chi connectivity index (χ2n) is 5.85. The van der Waals surface area contributed by atoms with E-state index < -0.39 is 6.09 Å². The molecule has 23 heavy (non-hydrogen) atoms. The molecule has 0 spiro atoms. The second kappa shape index (κ2) is 6.65. The molecule has 1 unspecified atom stereocenters.